The first-order chi connectivity index (χ1) is 5.04. The first-order valence-corrected chi connectivity index (χ1v) is 2.70. The van der Waals surface area contributed by atoms with E-state index >= 15 is 0 Å². The number of hydrogen-bond donors (Lipinski definition) is 1. The number of alkyl halides is 3. The Kier molecular flexibility index (Phi) is 1.61. The van der Waals surface area contributed by atoms with E-state index in [1.165, 1.54) is 0 Å². The van der Waals surface area contributed by atoms with Crippen molar-refractivity contribution in [1.82, 2.24) is 4.98 Å². The molecule has 1 aromatic heterocycles. The van der Waals surface area contributed by atoms with Gasteiger partial charge in [-0.3, -0.25) is 0 Å². The summed E-state index contributed by atoms with van der Waals surface area (Å²) in [5, 5.41) is 8.17. The minimum absolute atomic E-state index is 0.0858. The maximum atomic E-state index is 11.8. The molecular weight excluding hydrogens is 157 g/mol. The highest BCUT2D eigenvalue weighted by molar-refractivity contribution is 5.25. The highest BCUT2D eigenvalue weighted by atomic mass is 19.4. The number of nitrogens with zero attached hydrogens (tertiary/aromatic N) is 1. The molecule has 1 aromatic rings. The molecule has 5 heteroatoms. The van der Waals surface area contributed by atoms with Crippen LogP contribution in [0.15, 0.2) is 12.1 Å². The van der Waals surface area contributed by atoms with Crippen LogP contribution in [-0.2, 0) is 6.18 Å². The molecule has 0 aliphatic rings. The lowest BCUT2D eigenvalue weighted by molar-refractivity contribution is -0.140. The van der Waals surface area contributed by atoms with E-state index in [0.29, 0.717) is 0 Å². The van der Waals surface area contributed by atoms with Crippen LogP contribution in [0.4, 0.5) is 13.2 Å². The lowest BCUT2D eigenvalue weighted by Crippen LogP contribution is -2.04. The van der Waals surface area contributed by atoms with Gasteiger partial charge in [0.2, 0.25) is 0 Å². The fourth-order valence-corrected chi connectivity index (χ4v) is 0.626. The summed E-state index contributed by atoms with van der Waals surface area (Å²) in [7, 11) is 0. The van der Waals surface area contributed by atoms with Crippen LogP contribution < -0.4 is 0 Å². The van der Waals surface area contributed by atoms with Gasteiger partial charge in [0, 0.05) is 0 Å². The van der Waals surface area contributed by atoms with Crippen molar-refractivity contribution in [2.45, 2.75) is 6.18 Å². The zero-order valence-electron chi connectivity index (χ0n) is 5.24. The van der Waals surface area contributed by atoms with Gasteiger partial charge in [-0.05, 0) is 12.1 Å². The molecule has 0 unspecified atom stereocenters. The molecule has 2 nitrogen and oxygen atoms in total. The zero-order valence-corrected chi connectivity index (χ0v) is 5.24. The van der Waals surface area contributed by atoms with E-state index in [4.69, 9.17) is 5.26 Å². The summed E-state index contributed by atoms with van der Waals surface area (Å²) in [5.74, 6) is 0. The second kappa shape index (κ2) is 2.31. The summed E-state index contributed by atoms with van der Waals surface area (Å²) in [5.41, 5.74) is -0.980. The van der Waals surface area contributed by atoms with E-state index in [0.717, 1.165) is 12.1 Å². The summed E-state index contributed by atoms with van der Waals surface area (Å²) < 4.78 is 35.4. The number of hydrogen-bond acceptors (Lipinski definition) is 1. The Morgan fingerprint density at radius 1 is 1.36 bits per heavy atom. The molecule has 0 aliphatic heterocycles. The molecule has 0 aliphatic carbocycles. The number of aromatic nitrogens is 1. The van der Waals surface area contributed by atoms with Crippen LogP contribution in [0.5, 0.6) is 0 Å². The van der Waals surface area contributed by atoms with Gasteiger partial charge in [-0.1, -0.05) is 0 Å². The predicted octanol–water partition coefficient (Wildman–Crippen LogP) is 1.91. The minimum Gasteiger partial charge on any atom is -0.343 e. The molecule has 0 fully saturated rings. The topological polar surface area (TPSA) is 39.6 Å². The van der Waals surface area contributed by atoms with Crippen molar-refractivity contribution in [2.75, 3.05) is 0 Å². The molecule has 0 amide bonds. The molecule has 0 saturated heterocycles. The Hall–Kier alpha value is -1.44. The molecule has 0 aromatic carbocycles. The Labute approximate surface area is 60.3 Å². The third-order valence-electron chi connectivity index (χ3n) is 1.11. The Balaban J connectivity index is 3.01. The quantitative estimate of drug-likeness (QED) is 0.618. The van der Waals surface area contributed by atoms with Gasteiger partial charge >= 0.3 is 6.18 Å². The first kappa shape index (κ1) is 7.66. The normalized spacial score (nSPS) is 11.1. The van der Waals surface area contributed by atoms with Crippen LogP contribution in [0.25, 0.3) is 0 Å². The Bertz CT molecular complexity index is 292. The summed E-state index contributed by atoms with van der Waals surface area (Å²) >= 11 is 0. The smallest absolute Gasteiger partial charge is 0.343 e. The van der Waals surface area contributed by atoms with E-state index in [1.807, 2.05) is 4.98 Å². The van der Waals surface area contributed by atoms with Crippen LogP contribution in [0, 0.1) is 11.3 Å². The SMILES string of the molecule is N#Cc1ccc(C(F)(F)F)[nH]1. The molecule has 1 heterocycles. The second-order valence-corrected chi connectivity index (χ2v) is 1.90. The van der Waals surface area contributed by atoms with Crippen molar-refractivity contribution in [3.63, 3.8) is 0 Å². The lowest BCUT2D eigenvalue weighted by Gasteiger charge is -2.00. The molecule has 0 saturated carbocycles. The first-order valence-electron chi connectivity index (χ1n) is 2.70. The molecule has 0 bridgehead atoms. The Morgan fingerprint density at radius 3 is 2.27 bits per heavy atom. The van der Waals surface area contributed by atoms with Gasteiger partial charge in [0.15, 0.2) is 0 Å². The third kappa shape index (κ3) is 1.52. The van der Waals surface area contributed by atoms with Gasteiger partial charge in [0.25, 0.3) is 0 Å². The molecule has 1 N–H and O–H groups in total. The maximum absolute atomic E-state index is 11.8. The van der Waals surface area contributed by atoms with Crippen molar-refractivity contribution >= 4 is 0 Å². The number of H-pyrrole nitrogens is 1. The molecular formula is C6H3F3N2. The highest BCUT2D eigenvalue weighted by Crippen LogP contribution is 2.27. The highest BCUT2D eigenvalue weighted by Gasteiger charge is 2.31. The van der Waals surface area contributed by atoms with Crippen LogP contribution in [-0.4, -0.2) is 4.98 Å². The van der Waals surface area contributed by atoms with E-state index < -0.39 is 11.9 Å². The van der Waals surface area contributed by atoms with Crippen LogP contribution in [0.3, 0.4) is 0 Å². The lowest BCUT2D eigenvalue weighted by atomic mass is 10.4. The van der Waals surface area contributed by atoms with Crippen molar-refractivity contribution in [2.24, 2.45) is 0 Å². The van der Waals surface area contributed by atoms with E-state index in [2.05, 4.69) is 0 Å². The molecule has 11 heavy (non-hydrogen) atoms. The van der Waals surface area contributed by atoms with Crippen LogP contribution in [0.1, 0.15) is 11.4 Å². The van der Waals surface area contributed by atoms with Crippen molar-refractivity contribution < 1.29 is 13.2 Å². The van der Waals surface area contributed by atoms with Gasteiger partial charge in [0.1, 0.15) is 17.5 Å². The van der Waals surface area contributed by atoms with Gasteiger partial charge in [-0.2, -0.15) is 18.4 Å². The molecule has 0 spiro atoms. The number of nitrogens with one attached hydrogen (secondary N) is 1. The standard InChI is InChI=1S/C6H3F3N2/c7-6(8,9)5-2-1-4(3-10)11-5/h1-2,11H. The number of rotatable bonds is 0. The van der Waals surface area contributed by atoms with Crippen molar-refractivity contribution in [3.8, 4) is 6.07 Å². The number of halogens is 3. The summed E-state index contributed by atoms with van der Waals surface area (Å²) in [4.78, 5) is 1.92. The van der Waals surface area contributed by atoms with E-state index in [-0.39, 0.29) is 5.69 Å². The fraction of sp³-hybridized carbons (Fsp3) is 0.167. The monoisotopic (exact) mass is 160 g/mol. The van der Waals surface area contributed by atoms with Gasteiger partial charge in [-0.25, -0.2) is 0 Å². The van der Waals surface area contributed by atoms with E-state index in [9.17, 15) is 13.2 Å². The van der Waals surface area contributed by atoms with Gasteiger partial charge in [-0.15, -0.1) is 0 Å². The average Bonchev–Trinajstić information content (AvgIpc) is 2.32. The number of aromatic amines is 1. The molecule has 0 radical (unpaired) electrons. The van der Waals surface area contributed by atoms with Crippen molar-refractivity contribution in [1.29, 1.82) is 5.26 Å². The number of nitriles is 1. The average molecular weight is 160 g/mol. The summed E-state index contributed by atoms with van der Waals surface area (Å²) in [6.45, 7) is 0. The third-order valence-corrected chi connectivity index (χ3v) is 1.11. The Morgan fingerprint density at radius 2 is 2.00 bits per heavy atom. The van der Waals surface area contributed by atoms with Crippen LogP contribution >= 0.6 is 0 Å². The predicted molar refractivity (Wildman–Crippen MR) is 30.5 cm³/mol. The van der Waals surface area contributed by atoms with Gasteiger partial charge < -0.3 is 4.98 Å². The largest absolute Gasteiger partial charge is 0.431 e. The minimum atomic E-state index is -4.39. The van der Waals surface area contributed by atoms with Gasteiger partial charge in [0.05, 0.1) is 0 Å². The molecule has 1 rings (SSSR count). The molecule has 0 atom stereocenters. The summed E-state index contributed by atoms with van der Waals surface area (Å²) in [6.07, 6.45) is -4.39. The summed E-state index contributed by atoms with van der Waals surface area (Å²) in [6, 6.07) is 3.48. The van der Waals surface area contributed by atoms with Crippen molar-refractivity contribution in [3.05, 3.63) is 23.5 Å². The fourth-order valence-electron chi connectivity index (χ4n) is 0.626. The zero-order chi connectivity index (χ0) is 8.48. The second-order valence-electron chi connectivity index (χ2n) is 1.90. The maximum Gasteiger partial charge on any atom is 0.431 e. The molecule has 58 valence electrons. The van der Waals surface area contributed by atoms with E-state index in [1.54, 1.807) is 6.07 Å². The van der Waals surface area contributed by atoms with Crippen LogP contribution in [0.2, 0.25) is 0 Å².